The lowest BCUT2D eigenvalue weighted by Crippen LogP contribution is -2.46. The fourth-order valence-electron chi connectivity index (χ4n) is 2.78. The van der Waals surface area contributed by atoms with Gasteiger partial charge in [0, 0.05) is 25.0 Å². The minimum Gasteiger partial charge on any atom is -0.388 e. The van der Waals surface area contributed by atoms with E-state index in [1.54, 1.807) is 11.3 Å². The summed E-state index contributed by atoms with van der Waals surface area (Å²) in [6.45, 7) is 5.54. The molecule has 1 saturated heterocycles. The molecular weight excluding hydrogens is 272 g/mol. The highest BCUT2D eigenvalue weighted by Crippen LogP contribution is 2.34. The third-order valence-electron chi connectivity index (χ3n) is 3.69. The lowest BCUT2D eigenvalue weighted by atomic mass is 9.95. The van der Waals surface area contributed by atoms with E-state index in [1.165, 1.54) is 4.88 Å². The van der Waals surface area contributed by atoms with Gasteiger partial charge in [-0.05, 0) is 32.8 Å². The average molecular weight is 292 g/mol. The van der Waals surface area contributed by atoms with Crippen LogP contribution in [0.1, 0.15) is 24.6 Å². The number of aromatic nitrogens is 2. The molecule has 1 aliphatic heterocycles. The summed E-state index contributed by atoms with van der Waals surface area (Å²) in [6, 6.07) is 2.14. The number of thiophene rings is 1. The number of nitrogens with zero attached hydrogens (tertiary/aromatic N) is 3. The fraction of sp³-hybridized carbons (Fsp3) is 0.571. The first kappa shape index (κ1) is 13.6. The molecular formula is C14H20N4OS. The SMILES string of the molecule is CNc1nc(N2CCCC(C)(O)C2)c2cc(C)sc2n1. The van der Waals surface area contributed by atoms with Gasteiger partial charge in [-0.1, -0.05) is 0 Å². The van der Waals surface area contributed by atoms with Crippen molar-refractivity contribution in [2.24, 2.45) is 0 Å². The van der Waals surface area contributed by atoms with Crippen molar-refractivity contribution in [2.45, 2.75) is 32.3 Å². The molecule has 1 atom stereocenters. The lowest BCUT2D eigenvalue weighted by molar-refractivity contribution is 0.0448. The summed E-state index contributed by atoms with van der Waals surface area (Å²) >= 11 is 1.68. The number of β-amino-alcohol motifs (C(OH)–C–C–N with tert-alkyl or cyclic N) is 1. The second kappa shape index (κ2) is 4.86. The zero-order chi connectivity index (χ0) is 14.3. The Morgan fingerprint density at radius 2 is 2.25 bits per heavy atom. The zero-order valence-corrected chi connectivity index (χ0v) is 12.9. The minimum absolute atomic E-state index is 0.622. The van der Waals surface area contributed by atoms with Crippen LogP contribution in [-0.4, -0.2) is 40.8 Å². The molecule has 0 bridgehead atoms. The average Bonchev–Trinajstić information content (AvgIpc) is 2.76. The number of hydrogen-bond acceptors (Lipinski definition) is 6. The van der Waals surface area contributed by atoms with Gasteiger partial charge in [0.15, 0.2) is 0 Å². The monoisotopic (exact) mass is 292 g/mol. The highest BCUT2D eigenvalue weighted by atomic mass is 32.1. The number of fused-ring (bicyclic) bond motifs is 1. The van der Waals surface area contributed by atoms with Gasteiger partial charge in [0.05, 0.1) is 11.0 Å². The smallest absolute Gasteiger partial charge is 0.225 e. The molecule has 0 spiro atoms. The maximum Gasteiger partial charge on any atom is 0.225 e. The molecule has 2 aromatic heterocycles. The highest BCUT2D eigenvalue weighted by molar-refractivity contribution is 7.18. The maximum atomic E-state index is 10.3. The molecule has 0 aromatic carbocycles. The Balaban J connectivity index is 2.09. The van der Waals surface area contributed by atoms with Gasteiger partial charge in [-0.25, -0.2) is 4.98 Å². The molecule has 3 rings (SSSR count). The van der Waals surface area contributed by atoms with Gasteiger partial charge in [-0.3, -0.25) is 0 Å². The summed E-state index contributed by atoms with van der Waals surface area (Å²) < 4.78 is 0. The Hall–Kier alpha value is -1.40. The largest absolute Gasteiger partial charge is 0.388 e. The molecule has 1 aliphatic rings. The van der Waals surface area contributed by atoms with E-state index >= 15 is 0 Å². The van der Waals surface area contributed by atoms with Crippen molar-refractivity contribution in [2.75, 3.05) is 30.4 Å². The molecule has 5 nitrogen and oxygen atoms in total. The van der Waals surface area contributed by atoms with Gasteiger partial charge in [-0.15, -0.1) is 11.3 Å². The molecule has 20 heavy (non-hydrogen) atoms. The number of nitrogens with one attached hydrogen (secondary N) is 1. The zero-order valence-electron chi connectivity index (χ0n) is 12.1. The van der Waals surface area contributed by atoms with E-state index in [2.05, 4.69) is 33.2 Å². The minimum atomic E-state index is -0.638. The summed E-state index contributed by atoms with van der Waals surface area (Å²) in [7, 11) is 1.83. The van der Waals surface area contributed by atoms with Crippen LogP contribution in [0.2, 0.25) is 0 Å². The van der Waals surface area contributed by atoms with E-state index in [1.807, 2.05) is 14.0 Å². The van der Waals surface area contributed by atoms with E-state index in [9.17, 15) is 5.11 Å². The number of anilines is 2. The lowest BCUT2D eigenvalue weighted by Gasteiger charge is -2.37. The van der Waals surface area contributed by atoms with Gasteiger partial charge in [-0.2, -0.15) is 4.98 Å². The Kier molecular flexibility index (Phi) is 3.30. The summed E-state index contributed by atoms with van der Waals surface area (Å²) in [5, 5.41) is 14.4. The third-order valence-corrected chi connectivity index (χ3v) is 4.64. The second-order valence-corrected chi connectivity index (χ2v) is 6.95. The Labute approximate surface area is 122 Å². The second-order valence-electron chi connectivity index (χ2n) is 5.72. The first-order chi connectivity index (χ1) is 9.48. The predicted octanol–water partition coefficient (Wildman–Crippen LogP) is 2.39. The van der Waals surface area contributed by atoms with E-state index in [4.69, 9.17) is 0 Å². The fourth-order valence-corrected chi connectivity index (χ4v) is 3.65. The Morgan fingerprint density at radius 3 is 2.95 bits per heavy atom. The first-order valence-electron chi connectivity index (χ1n) is 6.92. The number of piperidine rings is 1. The summed E-state index contributed by atoms with van der Waals surface area (Å²) in [4.78, 5) is 13.5. The molecule has 6 heteroatoms. The van der Waals surface area contributed by atoms with Gasteiger partial charge < -0.3 is 15.3 Å². The quantitative estimate of drug-likeness (QED) is 0.890. The molecule has 108 valence electrons. The standard InChI is InChI=1S/C14H20N4OS/c1-9-7-10-11(16-13(15-3)17-12(10)20-9)18-6-4-5-14(2,19)8-18/h7,19H,4-6,8H2,1-3H3,(H,15,16,17). The van der Waals surface area contributed by atoms with E-state index in [0.717, 1.165) is 35.4 Å². The van der Waals surface area contributed by atoms with Crippen molar-refractivity contribution in [1.82, 2.24) is 9.97 Å². The molecule has 1 unspecified atom stereocenters. The summed E-state index contributed by atoms with van der Waals surface area (Å²) in [5.41, 5.74) is -0.638. The van der Waals surface area contributed by atoms with Gasteiger partial charge >= 0.3 is 0 Å². The van der Waals surface area contributed by atoms with Crippen LogP contribution in [0.3, 0.4) is 0 Å². The molecule has 0 saturated carbocycles. The summed E-state index contributed by atoms with van der Waals surface area (Å²) in [5.74, 6) is 1.57. The maximum absolute atomic E-state index is 10.3. The van der Waals surface area contributed by atoms with Crippen molar-refractivity contribution in [3.05, 3.63) is 10.9 Å². The Morgan fingerprint density at radius 1 is 1.45 bits per heavy atom. The molecule has 3 heterocycles. The van der Waals surface area contributed by atoms with Gasteiger partial charge in [0.1, 0.15) is 10.6 Å². The third kappa shape index (κ3) is 2.45. The highest BCUT2D eigenvalue weighted by Gasteiger charge is 2.30. The van der Waals surface area contributed by atoms with E-state index in [0.29, 0.717) is 12.5 Å². The van der Waals surface area contributed by atoms with Crippen LogP contribution in [0.5, 0.6) is 0 Å². The number of aryl methyl sites for hydroxylation is 1. The molecule has 0 aliphatic carbocycles. The molecule has 1 fully saturated rings. The number of hydrogen-bond donors (Lipinski definition) is 2. The number of rotatable bonds is 2. The summed E-state index contributed by atoms with van der Waals surface area (Å²) in [6.07, 6.45) is 1.83. The van der Waals surface area contributed by atoms with Crippen LogP contribution in [0.4, 0.5) is 11.8 Å². The molecule has 2 aromatic rings. The van der Waals surface area contributed by atoms with Crippen molar-refractivity contribution in [1.29, 1.82) is 0 Å². The normalized spacial score (nSPS) is 23.3. The van der Waals surface area contributed by atoms with Crippen molar-refractivity contribution >= 4 is 33.3 Å². The van der Waals surface area contributed by atoms with Crippen molar-refractivity contribution in [3.8, 4) is 0 Å². The molecule has 2 N–H and O–H groups in total. The Bertz CT molecular complexity index is 637. The van der Waals surface area contributed by atoms with E-state index in [-0.39, 0.29) is 0 Å². The predicted molar refractivity (Wildman–Crippen MR) is 83.8 cm³/mol. The van der Waals surface area contributed by atoms with Crippen LogP contribution in [0.25, 0.3) is 10.2 Å². The van der Waals surface area contributed by atoms with Crippen LogP contribution in [0, 0.1) is 6.92 Å². The topological polar surface area (TPSA) is 61.3 Å². The van der Waals surface area contributed by atoms with Crippen LogP contribution in [0.15, 0.2) is 6.07 Å². The molecule has 0 radical (unpaired) electrons. The van der Waals surface area contributed by atoms with Crippen molar-refractivity contribution < 1.29 is 5.11 Å². The van der Waals surface area contributed by atoms with Crippen molar-refractivity contribution in [3.63, 3.8) is 0 Å². The van der Waals surface area contributed by atoms with Gasteiger partial charge in [0.2, 0.25) is 5.95 Å². The first-order valence-corrected chi connectivity index (χ1v) is 7.73. The van der Waals surface area contributed by atoms with E-state index < -0.39 is 5.60 Å². The number of aliphatic hydroxyl groups is 1. The van der Waals surface area contributed by atoms with Gasteiger partial charge in [0.25, 0.3) is 0 Å². The molecule has 0 amide bonds. The van der Waals surface area contributed by atoms with Crippen LogP contribution < -0.4 is 10.2 Å². The van der Waals surface area contributed by atoms with Crippen LogP contribution in [-0.2, 0) is 0 Å². The van der Waals surface area contributed by atoms with Crippen LogP contribution >= 0.6 is 11.3 Å².